The Morgan fingerprint density at radius 1 is 1.13 bits per heavy atom. The van der Waals surface area contributed by atoms with Crippen molar-refractivity contribution in [3.8, 4) is 22.0 Å². The van der Waals surface area contributed by atoms with Crippen LogP contribution in [0, 0.1) is 11.8 Å². The van der Waals surface area contributed by atoms with E-state index in [1.807, 2.05) is 6.92 Å². The topological polar surface area (TPSA) is 178 Å². The second-order valence-electron chi connectivity index (χ2n) is 10.5. The molecule has 3 N–H and O–H groups in total. The Labute approximate surface area is 278 Å². The van der Waals surface area contributed by atoms with E-state index in [0.717, 1.165) is 37.8 Å². The molecule has 1 saturated carbocycles. The summed E-state index contributed by atoms with van der Waals surface area (Å²) in [6.07, 6.45) is 7.65. The van der Waals surface area contributed by atoms with Crippen LogP contribution in [0.4, 0.5) is 14.5 Å². The lowest BCUT2D eigenvalue weighted by Crippen LogP contribution is -2.35. The van der Waals surface area contributed by atoms with Gasteiger partial charge in [-0.15, -0.1) is 23.7 Å². The Morgan fingerprint density at radius 3 is 2.62 bits per heavy atom. The van der Waals surface area contributed by atoms with Gasteiger partial charge in [0.25, 0.3) is 5.91 Å². The van der Waals surface area contributed by atoms with Gasteiger partial charge in [-0.05, 0) is 44.7 Å². The van der Waals surface area contributed by atoms with Gasteiger partial charge in [0.2, 0.25) is 5.95 Å². The minimum atomic E-state index is -1.18. The number of ether oxygens (including phenoxy) is 3. The number of thiazole rings is 1. The fourth-order valence-corrected chi connectivity index (χ4v) is 5.74. The molecular formula is C29H33ClF2N8O6S. The van der Waals surface area contributed by atoms with Gasteiger partial charge in [-0.3, -0.25) is 19.1 Å². The Bertz CT molecular complexity index is 1710. The molecule has 18 heteroatoms. The molecule has 5 rings (SSSR count). The Balaban J connectivity index is 0.00000500. The quantitative estimate of drug-likeness (QED) is 0.161. The number of nitrogens with one attached hydrogen (secondary N) is 1. The lowest BCUT2D eigenvalue weighted by molar-refractivity contribution is -0.153. The second-order valence-corrected chi connectivity index (χ2v) is 11.3. The monoisotopic (exact) mass is 694 g/mol. The first-order valence-corrected chi connectivity index (χ1v) is 15.3. The smallest absolute Gasteiger partial charge is 0.325 e. The molecule has 1 aliphatic carbocycles. The summed E-state index contributed by atoms with van der Waals surface area (Å²) in [5.41, 5.74) is 6.09. The predicted octanol–water partition coefficient (Wildman–Crippen LogP) is 4.13. The van der Waals surface area contributed by atoms with Crippen LogP contribution in [0.5, 0.6) is 0 Å². The maximum absolute atomic E-state index is 14.8. The zero-order valence-corrected chi connectivity index (χ0v) is 27.1. The molecule has 47 heavy (non-hydrogen) atoms. The highest BCUT2D eigenvalue weighted by Gasteiger charge is 2.27. The van der Waals surface area contributed by atoms with Crippen molar-refractivity contribution < 1.29 is 37.4 Å². The number of hydrogen-bond acceptors (Lipinski definition) is 12. The van der Waals surface area contributed by atoms with Gasteiger partial charge in [0.1, 0.15) is 28.1 Å². The van der Waals surface area contributed by atoms with Gasteiger partial charge in [0.05, 0.1) is 37.6 Å². The van der Waals surface area contributed by atoms with Crippen LogP contribution in [-0.4, -0.2) is 73.2 Å². The molecule has 0 saturated heterocycles. The number of carbonyl (C=O) groups is 3. The molecule has 0 radical (unpaired) electrons. The summed E-state index contributed by atoms with van der Waals surface area (Å²) >= 11 is 1.17. The normalized spacial score (nSPS) is 16.6. The molecule has 4 heterocycles. The van der Waals surface area contributed by atoms with Crippen LogP contribution in [0.15, 0.2) is 36.1 Å². The number of anilines is 1. The van der Waals surface area contributed by atoms with Gasteiger partial charge in [-0.25, -0.2) is 19.0 Å². The Hall–Kier alpha value is -4.32. The van der Waals surface area contributed by atoms with Gasteiger partial charge in [0.15, 0.2) is 12.5 Å². The van der Waals surface area contributed by atoms with E-state index in [1.54, 1.807) is 17.1 Å². The number of pyridine rings is 1. The average Bonchev–Trinajstić information content (AvgIpc) is 3.82. The van der Waals surface area contributed by atoms with Crippen LogP contribution in [0.25, 0.3) is 22.0 Å². The summed E-state index contributed by atoms with van der Waals surface area (Å²) in [4.78, 5) is 44.8. The zero-order chi connectivity index (χ0) is 32.8. The standard InChI is InChI=1S/C29H32F2N8O6S.ClH/c1-3-44-18-6-4-17(5-7-18)39-13-21(26(37-39)25-19(30)8-9-23(31)36-25)34-27(41)22-14-46-28(35-22)16-11-33-38(12-16)15-45-29(42)20(32)10-24(40)43-2;/h8-9,11-14,17-18,20H,3-7,10,15,32H2,1-2H3,(H,34,41);1H/t17?,18?,20-;/m0./s1. The average molecular weight is 695 g/mol. The fraction of sp³-hybridized carbons (Fsp3) is 0.414. The first-order chi connectivity index (χ1) is 22.1. The van der Waals surface area contributed by atoms with Crippen molar-refractivity contribution in [1.82, 2.24) is 29.5 Å². The number of rotatable bonds is 12. The highest BCUT2D eigenvalue weighted by molar-refractivity contribution is 7.13. The lowest BCUT2D eigenvalue weighted by atomic mass is 9.93. The van der Waals surface area contributed by atoms with E-state index in [4.69, 9.17) is 15.2 Å². The third-order valence-electron chi connectivity index (χ3n) is 7.31. The van der Waals surface area contributed by atoms with E-state index in [0.29, 0.717) is 17.2 Å². The second kappa shape index (κ2) is 16.0. The first-order valence-electron chi connectivity index (χ1n) is 14.5. The van der Waals surface area contributed by atoms with Crippen molar-refractivity contribution in [2.24, 2.45) is 5.73 Å². The molecule has 252 valence electrons. The van der Waals surface area contributed by atoms with Gasteiger partial charge >= 0.3 is 11.9 Å². The summed E-state index contributed by atoms with van der Waals surface area (Å²) in [7, 11) is 1.19. The number of nitrogens with two attached hydrogens (primary N) is 1. The van der Waals surface area contributed by atoms with Crippen molar-refractivity contribution in [3.63, 3.8) is 0 Å². The molecule has 0 aliphatic heterocycles. The number of nitrogens with zero attached hydrogens (tertiary/aromatic N) is 6. The minimum absolute atomic E-state index is 0. The third kappa shape index (κ3) is 8.73. The Kier molecular flexibility index (Phi) is 12.1. The van der Waals surface area contributed by atoms with Crippen molar-refractivity contribution in [2.75, 3.05) is 19.0 Å². The van der Waals surface area contributed by atoms with Gasteiger partial charge in [-0.1, -0.05) is 0 Å². The van der Waals surface area contributed by atoms with Crippen molar-refractivity contribution in [3.05, 3.63) is 53.6 Å². The lowest BCUT2D eigenvalue weighted by Gasteiger charge is -2.28. The summed E-state index contributed by atoms with van der Waals surface area (Å²) in [5, 5.41) is 13.4. The molecule has 1 fully saturated rings. The third-order valence-corrected chi connectivity index (χ3v) is 8.20. The van der Waals surface area contributed by atoms with E-state index < -0.39 is 35.7 Å². The van der Waals surface area contributed by atoms with Crippen molar-refractivity contribution in [2.45, 2.75) is 63.9 Å². The number of carbonyl (C=O) groups excluding carboxylic acids is 3. The van der Waals surface area contributed by atoms with E-state index in [-0.39, 0.29) is 60.5 Å². The Morgan fingerprint density at radius 2 is 1.89 bits per heavy atom. The predicted molar refractivity (Wildman–Crippen MR) is 168 cm³/mol. The highest BCUT2D eigenvalue weighted by atomic mass is 35.5. The van der Waals surface area contributed by atoms with Crippen LogP contribution in [0.3, 0.4) is 0 Å². The molecule has 0 bridgehead atoms. The number of amides is 1. The molecule has 0 spiro atoms. The minimum Gasteiger partial charge on any atom is -0.469 e. The molecular weight excluding hydrogens is 662 g/mol. The summed E-state index contributed by atoms with van der Waals surface area (Å²) in [6, 6.07) is 0.661. The molecule has 0 unspecified atom stereocenters. The van der Waals surface area contributed by atoms with Crippen LogP contribution >= 0.6 is 23.7 Å². The molecule has 1 amide bonds. The van der Waals surface area contributed by atoms with E-state index in [2.05, 4.69) is 30.2 Å². The van der Waals surface area contributed by atoms with Gasteiger partial charge in [-0.2, -0.15) is 14.6 Å². The van der Waals surface area contributed by atoms with E-state index in [1.165, 1.54) is 34.7 Å². The SMILES string of the molecule is CCOC1CCC(n2cc(NC(=O)c3csc(-c4cnn(COC(=O)[C@@H](N)CC(=O)OC)c4)n3)c(-c3nc(F)ccc3F)n2)CC1.Cl. The number of halogens is 3. The van der Waals surface area contributed by atoms with E-state index >= 15 is 0 Å². The number of aromatic nitrogens is 6. The van der Waals surface area contributed by atoms with Crippen LogP contribution in [0.1, 0.15) is 55.6 Å². The zero-order valence-electron chi connectivity index (χ0n) is 25.4. The van der Waals surface area contributed by atoms with Crippen LogP contribution in [-0.2, 0) is 30.5 Å². The number of methoxy groups -OCH3 is 1. The van der Waals surface area contributed by atoms with Gasteiger partial charge < -0.3 is 25.3 Å². The maximum atomic E-state index is 14.8. The molecule has 1 atom stereocenters. The largest absolute Gasteiger partial charge is 0.469 e. The summed E-state index contributed by atoms with van der Waals surface area (Å²) < 4.78 is 47.2. The molecule has 14 nitrogen and oxygen atoms in total. The fourth-order valence-electron chi connectivity index (χ4n) is 4.97. The number of esters is 2. The molecule has 4 aromatic heterocycles. The van der Waals surface area contributed by atoms with Crippen LogP contribution in [0.2, 0.25) is 0 Å². The molecule has 1 aliphatic rings. The van der Waals surface area contributed by atoms with Gasteiger partial charge in [0, 0.05) is 29.9 Å². The summed E-state index contributed by atoms with van der Waals surface area (Å²) in [6.45, 7) is 2.32. The first kappa shape index (κ1) is 35.5. The summed E-state index contributed by atoms with van der Waals surface area (Å²) in [5.74, 6) is -3.71. The highest BCUT2D eigenvalue weighted by Crippen LogP contribution is 2.34. The van der Waals surface area contributed by atoms with E-state index in [9.17, 15) is 23.2 Å². The van der Waals surface area contributed by atoms with Crippen molar-refractivity contribution in [1.29, 1.82) is 0 Å². The molecule has 0 aromatic carbocycles. The number of hydrogen-bond donors (Lipinski definition) is 2. The van der Waals surface area contributed by atoms with Crippen LogP contribution < -0.4 is 11.1 Å². The van der Waals surface area contributed by atoms with Crippen molar-refractivity contribution >= 4 is 47.3 Å². The maximum Gasteiger partial charge on any atom is 0.325 e. The molecule has 4 aromatic rings.